The molecule has 0 radical (unpaired) electrons. The molecule has 2 aromatic heterocycles. The number of aryl methyl sites for hydroxylation is 1. The van der Waals surface area contributed by atoms with Crippen LogP contribution in [0, 0.1) is 5.82 Å². The number of cyclic esters (lactones) is 1. The Morgan fingerprint density at radius 3 is 2.85 bits per heavy atom. The first-order chi connectivity index (χ1) is 16.2. The molecule has 2 aliphatic heterocycles. The van der Waals surface area contributed by atoms with Crippen LogP contribution in [0.2, 0.25) is 0 Å². The maximum absolute atomic E-state index is 14.7. The molecule has 8 nitrogen and oxygen atoms in total. The number of hydrogen-bond donors (Lipinski definition) is 2. The lowest BCUT2D eigenvalue weighted by Gasteiger charge is -2.31. The van der Waals surface area contributed by atoms with Gasteiger partial charge in [0, 0.05) is 23.4 Å². The molecule has 1 aromatic carbocycles. The molecule has 0 saturated heterocycles. The van der Waals surface area contributed by atoms with Crippen molar-refractivity contribution < 1.29 is 23.8 Å². The van der Waals surface area contributed by atoms with Gasteiger partial charge in [-0.05, 0) is 48.6 Å². The van der Waals surface area contributed by atoms with Crippen molar-refractivity contribution in [2.75, 3.05) is 0 Å². The highest BCUT2D eigenvalue weighted by atomic mass is 19.1. The molecule has 6 rings (SSSR count). The quantitative estimate of drug-likeness (QED) is 0.442. The van der Waals surface area contributed by atoms with Crippen molar-refractivity contribution in [2.24, 2.45) is 0 Å². The van der Waals surface area contributed by atoms with Crippen LogP contribution >= 0.6 is 0 Å². The van der Waals surface area contributed by atoms with Crippen LogP contribution in [0.15, 0.2) is 23.0 Å². The Hall–Kier alpha value is -3.59. The van der Waals surface area contributed by atoms with Crippen LogP contribution in [-0.2, 0) is 39.5 Å². The molecular formula is C25H22FN3O5. The molecule has 0 fully saturated rings. The van der Waals surface area contributed by atoms with E-state index in [-0.39, 0.29) is 54.0 Å². The number of benzene rings is 1. The lowest BCUT2D eigenvalue weighted by Crippen LogP contribution is -2.44. The Bertz CT molecular complexity index is 1510. The SMILES string of the molecule is CC[C@@]1(O)C(=O)OCc2c1cc1n(c2=O)Cc2c-1nc1ccc(F)c3c1c2C(NC(C)=O)CC3. The van der Waals surface area contributed by atoms with Crippen molar-refractivity contribution in [2.45, 2.75) is 57.9 Å². The van der Waals surface area contributed by atoms with Crippen LogP contribution in [0.5, 0.6) is 0 Å². The molecule has 2 atom stereocenters. The number of carbonyl (C=O) groups is 2. The molecular weight excluding hydrogens is 441 g/mol. The van der Waals surface area contributed by atoms with Gasteiger partial charge in [0.1, 0.15) is 12.4 Å². The number of hydrogen-bond acceptors (Lipinski definition) is 6. The van der Waals surface area contributed by atoms with Crippen molar-refractivity contribution in [1.82, 2.24) is 14.9 Å². The maximum Gasteiger partial charge on any atom is 0.343 e. The number of ether oxygens (including phenoxy) is 1. The summed E-state index contributed by atoms with van der Waals surface area (Å²) < 4.78 is 21.4. The molecule has 3 aliphatic rings. The maximum atomic E-state index is 14.7. The fourth-order valence-corrected chi connectivity index (χ4v) is 5.70. The molecule has 1 amide bonds. The fraction of sp³-hybridized carbons (Fsp3) is 0.360. The van der Waals surface area contributed by atoms with E-state index in [9.17, 15) is 23.9 Å². The summed E-state index contributed by atoms with van der Waals surface area (Å²) in [6, 6.07) is 4.30. The number of rotatable bonds is 2. The van der Waals surface area contributed by atoms with Gasteiger partial charge >= 0.3 is 5.97 Å². The third-order valence-electron chi connectivity index (χ3n) is 7.36. The Balaban J connectivity index is 1.67. The number of fused-ring (bicyclic) bond motifs is 5. The van der Waals surface area contributed by atoms with Gasteiger partial charge in [-0.3, -0.25) is 9.59 Å². The van der Waals surface area contributed by atoms with E-state index in [1.165, 1.54) is 13.0 Å². The standard InChI is InChI=1S/C25H22FN3O5/c1-3-25(33)15-8-19-22-13(9-29(19)23(31)14(15)10-34-24(25)32)21-17(27-11(2)30)6-4-12-16(26)5-7-18(28-22)20(12)21/h5,7-8,17,33H,3-4,6,9-10H2,1-2H3,(H,27,30)/t17?,25-/m0/s1. The van der Waals surface area contributed by atoms with E-state index in [0.29, 0.717) is 40.7 Å². The minimum Gasteiger partial charge on any atom is -0.458 e. The summed E-state index contributed by atoms with van der Waals surface area (Å²) in [6.07, 6.45) is 1.04. The Morgan fingerprint density at radius 2 is 2.12 bits per heavy atom. The van der Waals surface area contributed by atoms with E-state index in [2.05, 4.69) is 5.32 Å². The second kappa shape index (κ2) is 6.96. The normalized spacial score (nSPS) is 22.1. The van der Waals surface area contributed by atoms with Gasteiger partial charge < -0.3 is 19.7 Å². The van der Waals surface area contributed by atoms with E-state index in [0.717, 1.165) is 11.1 Å². The second-order valence-electron chi connectivity index (χ2n) is 9.17. The van der Waals surface area contributed by atoms with Crippen molar-refractivity contribution >= 4 is 22.8 Å². The van der Waals surface area contributed by atoms with Crippen LogP contribution < -0.4 is 10.9 Å². The van der Waals surface area contributed by atoms with Crippen molar-refractivity contribution in [3.8, 4) is 11.4 Å². The van der Waals surface area contributed by atoms with Crippen molar-refractivity contribution in [3.05, 3.63) is 62.2 Å². The summed E-state index contributed by atoms with van der Waals surface area (Å²) in [5, 5.41) is 14.7. The van der Waals surface area contributed by atoms with Gasteiger partial charge in [-0.2, -0.15) is 0 Å². The summed E-state index contributed by atoms with van der Waals surface area (Å²) >= 11 is 0. The van der Waals surface area contributed by atoms with Gasteiger partial charge in [0.15, 0.2) is 5.60 Å². The number of carbonyl (C=O) groups excluding carboxylic acids is 2. The lowest BCUT2D eigenvalue weighted by atomic mass is 9.83. The molecule has 0 bridgehead atoms. The molecule has 34 heavy (non-hydrogen) atoms. The van der Waals surface area contributed by atoms with Gasteiger partial charge in [0.05, 0.1) is 35.1 Å². The minimum atomic E-state index is -1.91. The van der Waals surface area contributed by atoms with E-state index in [4.69, 9.17) is 9.72 Å². The zero-order valence-electron chi connectivity index (χ0n) is 18.7. The Labute approximate surface area is 193 Å². The molecule has 2 N–H and O–H groups in total. The number of aromatic nitrogens is 2. The number of aliphatic hydroxyl groups is 1. The van der Waals surface area contributed by atoms with E-state index in [1.54, 1.807) is 23.6 Å². The number of amides is 1. The summed E-state index contributed by atoms with van der Waals surface area (Å²) in [5.74, 6) is -1.29. The van der Waals surface area contributed by atoms with E-state index < -0.39 is 11.6 Å². The molecule has 9 heteroatoms. The van der Waals surface area contributed by atoms with Crippen LogP contribution in [0.3, 0.4) is 0 Å². The van der Waals surface area contributed by atoms with Crippen LogP contribution in [-0.4, -0.2) is 26.5 Å². The minimum absolute atomic E-state index is 0.0538. The number of esters is 1. The third kappa shape index (κ3) is 2.61. The Morgan fingerprint density at radius 1 is 1.32 bits per heavy atom. The molecule has 1 unspecified atom stereocenters. The fourth-order valence-electron chi connectivity index (χ4n) is 5.70. The van der Waals surface area contributed by atoms with Gasteiger partial charge in [0.25, 0.3) is 5.56 Å². The zero-order valence-corrected chi connectivity index (χ0v) is 18.7. The summed E-state index contributed by atoms with van der Waals surface area (Å²) in [7, 11) is 0. The molecule has 1 aliphatic carbocycles. The van der Waals surface area contributed by atoms with Crippen molar-refractivity contribution in [3.63, 3.8) is 0 Å². The number of halogens is 1. The molecule has 4 heterocycles. The first-order valence-electron chi connectivity index (χ1n) is 11.3. The monoisotopic (exact) mass is 463 g/mol. The van der Waals surface area contributed by atoms with Crippen LogP contribution in [0.1, 0.15) is 60.5 Å². The van der Waals surface area contributed by atoms with Gasteiger partial charge in [0.2, 0.25) is 5.91 Å². The van der Waals surface area contributed by atoms with Crippen LogP contribution in [0.25, 0.3) is 22.3 Å². The molecule has 3 aromatic rings. The van der Waals surface area contributed by atoms with Crippen LogP contribution in [0.4, 0.5) is 4.39 Å². The predicted molar refractivity (Wildman–Crippen MR) is 119 cm³/mol. The van der Waals surface area contributed by atoms with Gasteiger partial charge in [-0.25, -0.2) is 14.2 Å². The molecule has 0 saturated carbocycles. The average molecular weight is 463 g/mol. The van der Waals surface area contributed by atoms with Gasteiger partial charge in [-0.15, -0.1) is 0 Å². The third-order valence-corrected chi connectivity index (χ3v) is 7.36. The molecule has 0 spiro atoms. The summed E-state index contributed by atoms with van der Waals surface area (Å²) in [4.78, 5) is 42.6. The highest BCUT2D eigenvalue weighted by molar-refractivity contribution is 5.93. The highest BCUT2D eigenvalue weighted by Gasteiger charge is 2.45. The van der Waals surface area contributed by atoms with E-state index >= 15 is 0 Å². The number of nitrogens with one attached hydrogen (secondary N) is 1. The van der Waals surface area contributed by atoms with E-state index in [1.807, 2.05) is 0 Å². The van der Waals surface area contributed by atoms with Crippen molar-refractivity contribution in [1.29, 1.82) is 0 Å². The number of nitrogens with zero attached hydrogens (tertiary/aromatic N) is 2. The summed E-state index contributed by atoms with van der Waals surface area (Å²) in [6.45, 7) is 3.08. The largest absolute Gasteiger partial charge is 0.458 e. The topological polar surface area (TPSA) is 111 Å². The molecule has 174 valence electrons. The summed E-state index contributed by atoms with van der Waals surface area (Å²) in [5.41, 5.74) is 1.87. The first-order valence-corrected chi connectivity index (χ1v) is 11.3. The average Bonchev–Trinajstić information content (AvgIpc) is 3.18. The first kappa shape index (κ1) is 21.0. The predicted octanol–water partition coefficient (Wildman–Crippen LogP) is 2.34. The lowest BCUT2D eigenvalue weighted by molar-refractivity contribution is -0.172. The Kier molecular flexibility index (Phi) is 4.29. The smallest absolute Gasteiger partial charge is 0.343 e. The number of pyridine rings is 2. The van der Waals surface area contributed by atoms with Gasteiger partial charge in [-0.1, -0.05) is 6.92 Å². The zero-order chi connectivity index (χ0) is 23.9. The second-order valence-corrected chi connectivity index (χ2v) is 9.17. The highest BCUT2D eigenvalue weighted by Crippen LogP contribution is 2.45.